The van der Waals surface area contributed by atoms with Crippen molar-refractivity contribution in [2.24, 2.45) is 17.1 Å². The molecule has 3 heteroatoms. The Kier molecular flexibility index (Phi) is 4.76. The number of hydrogen-bond acceptors (Lipinski definition) is 1. The van der Waals surface area contributed by atoms with E-state index in [9.17, 15) is 4.79 Å². The summed E-state index contributed by atoms with van der Waals surface area (Å²) in [5.41, 5.74) is 5.28. The van der Waals surface area contributed by atoms with Gasteiger partial charge in [-0.2, -0.15) is 0 Å². The lowest BCUT2D eigenvalue weighted by atomic mass is 9.66. The first-order chi connectivity index (χ1) is 5.59. The van der Waals surface area contributed by atoms with Gasteiger partial charge in [0.1, 0.15) is 0 Å². The third kappa shape index (κ3) is 2.37. The molecule has 0 aliphatic heterocycles. The van der Waals surface area contributed by atoms with Crippen molar-refractivity contribution >= 4 is 18.3 Å². The number of amides is 1. The number of hydrogen-bond donors (Lipinski definition) is 1. The lowest BCUT2D eigenvalue weighted by molar-refractivity contribution is -0.132. The van der Waals surface area contributed by atoms with E-state index in [-0.39, 0.29) is 23.7 Å². The summed E-state index contributed by atoms with van der Waals surface area (Å²) in [5.74, 6) is 0.313. The van der Waals surface area contributed by atoms with Gasteiger partial charge in [-0.1, -0.05) is 33.1 Å². The van der Waals surface area contributed by atoms with E-state index in [1.807, 2.05) is 0 Å². The van der Waals surface area contributed by atoms with Crippen molar-refractivity contribution < 1.29 is 4.79 Å². The van der Waals surface area contributed by atoms with Crippen LogP contribution in [0.5, 0.6) is 0 Å². The maximum Gasteiger partial charge on any atom is 0.223 e. The standard InChI is InChI=1S/C10H19NO.ClH/c1-8(2)10(9(11)12)6-4-3-5-7-10;/h8H,3-7H2,1-2H3,(H2,11,12);1H. The summed E-state index contributed by atoms with van der Waals surface area (Å²) in [6, 6.07) is 0. The molecule has 1 amide bonds. The fraction of sp³-hybridized carbons (Fsp3) is 0.900. The molecule has 0 aromatic carbocycles. The number of primary amides is 1. The molecule has 0 unspecified atom stereocenters. The Morgan fingerprint density at radius 1 is 1.23 bits per heavy atom. The molecule has 78 valence electrons. The number of rotatable bonds is 2. The van der Waals surface area contributed by atoms with Gasteiger partial charge in [0.05, 0.1) is 5.41 Å². The molecule has 0 heterocycles. The van der Waals surface area contributed by atoms with E-state index in [1.165, 1.54) is 19.3 Å². The summed E-state index contributed by atoms with van der Waals surface area (Å²) in [6.07, 6.45) is 5.60. The van der Waals surface area contributed by atoms with Gasteiger partial charge in [-0.15, -0.1) is 12.4 Å². The first kappa shape index (κ1) is 12.8. The van der Waals surface area contributed by atoms with E-state index in [2.05, 4.69) is 13.8 Å². The van der Waals surface area contributed by atoms with Crippen LogP contribution in [0.4, 0.5) is 0 Å². The maximum atomic E-state index is 11.3. The highest BCUT2D eigenvalue weighted by Gasteiger charge is 2.40. The van der Waals surface area contributed by atoms with E-state index >= 15 is 0 Å². The van der Waals surface area contributed by atoms with E-state index < -0.39 is 0 Å². The molecule has 0 aromatic heterocycles. The molecule has 1 saturated carbocycles. The second-order valence-corrected chi connectivity index (χ2v) is 4.24. The van der Waals surface area contributed by atoms with Crippen LogP contribution in [0, 0.1) is 11.3 Å². The normalized spacial score (nSPS) is 20.8. The van der Waals surface area contributed by atoms with Gasteiger partial charge in [0.15, 0.2) is 0 Å². The quantitative estimate of drug-likeness (QED) is 0.740. The summed E-state index contributed by atoms with van der Waals surface area (Å²) in [6.45, 7) is 4.21. The third-order valence-corrected chi connectivity index (χ3v) is 3.34. The van der Waals surface area contributed by atoms with Crippen molar-refractivity contribution in [2.45, 2.75) is 46.0 Å². The van der Waals surface area contributed by atoms with Crippen molar-refractivity contribution in [1.82, 2.24) is 0 Å². The first-order valence-corrected chi connectivity index (χ1v) is 4.89. The molecule has 1 aliphatic carbocycles. The van der Waals surface area contributed by atoms with Gasteiger partial charge in [-0.05, 0) is 18.8 Å². The SMILES string of the molecule is CC(C)C1(C(N)=O)CCCCC1.Cl. The van der Waals surface area contributed by atoms with Crippen LogP contribution < -0.4 is 5.73 Å². The van der Waals surface area contributed by atoms with Gasteiger partial charge in [0.25, 0.3) is 0 Å². The molecular formula is C10H20ClNO. The number of halogens is 1. The second-order valence-electron chi connectivity index (χ2n) is 4.24. The predicted octanol–water partition coefficient (Wildman–Crippen LogP) is 2.50. The molecular weight excluding hydrogens is 186 g/mol. The second kappa shape index (κ2) is 4.85. The monoisotopic (exact) mass is 205 g/mol. The third-order valence-electron chi connectivity index (χ3n) is 3.34. The molecule has 0 spiro atoms. The van der Waals surface area contributed by atoms with Crippen LogP contribution in [0.25, 0.3) is 0 Å². The highest BCUT2D eigenvalue weighted by molar-refractivity contribution is 5.85. The van der Waals surface area contributed by atoms with Crippen molar-refractivity contribution in [3.05, 3.63) is 0 Å². The fourth-order valence-electron chi connectivity index (χ4n) is 2.29. The fourth-order valence-corrected chi connectivity index (χ4v) is 2.29. The Labute approximate surface area is 86.7 Å². The predicted molar refractivity (Wildman–Crippen MR) is 56.8 cm³/mol. The molecule has 0 saturated heterocycles. The van der Waals surface area contributed by atoms with Crippen LogP contribution in [0.2, 0.25) is 0 Å². The largest absolute Gasteiger partial charge is 0.369 e. The van der Waals surface area contributed by atoms with Crippen molar-refractivity contribution in [3.8, 4) is 0 Å². The van der Waals surface area contributed by atoms with Crippen LogP contribution in [0.3, 0.4) is 0 Å². The van der Waals surface area contributed by atoms with Crippen LogP contribution in [0.15, 0.2) is 0 Å². The van der Waals surface area contributed by atoms with Crippen molar-refractivity contribution in [2.75, 3.05) is 0 Å². The molecule has 0 radical (unpaired) electrons. The van der Waals surface area contributed by atoms with E-state index in [0.717, 1.165) is 12.8 Å². The Bertz CT molecular complexity index is 174. The zero-order chi connectivity index (χ0) is 9.19. The highest BCUT2D eigenvalue weighted by Crippen LogP contribution is 2.41. The van der Waals surface area contributed by atoms with Crippen molar-refractivity contribution in [1.29, 1.82) is 0 Å². The topological polar surface area (TPSA) is 43.1 Å². The van der Waals surface area contributed by atoms with Crippen molar-refractivity contribution in [3.63, 3.8) is 0 Å². The molecule has 1 aliphatic rings. The molecule has 13 heavy (non-hydrogen) atoms. The lowest BCUT2D eigenvalue weighted by Gasteiger charge is -2.37. The summed E-state index contributed by atoms with van der Waals surface area (Å²) < 4.78 is 0. The smallest absolute Gasteiger partial charge is 0.223 e. The van der Waals surface area contributed by atoms with E-state index in [4.69, 9.17) is 5.73 Å². The van der Waals surface area contributed by atoms with E-state index in [0.29, 0.717) is 5.92 Å². The zero-order valence-electron chi connectivity index (χ0n) is 8.51. The lowest BCUT2D eigenvalue weighted by Crippen LogP contribution is -2.42. The molecule has 1 rings (SSSR count). The van der Waals surface area contributed by atoms with Crippen LogP contribution in [0.1, 0.15) is 46.0 Å². The summed E-state index contributed by atoms with van der Waals surface area (Å²) in [7, 11) is 0. The van der Waals surface area contributed by atoms with E-state index in [1.54, 1.807) is 0 Å². The van der Waals surface area contributed by atoms with Crippen LogP contribution in [-0.2, 0) is 4.79 Å². The maximum absolute atomic E-state index is 11.3. The molecule has 0 bridgehead atoms. The average Bonchev–Trinajstić information content (AvgIpc) is 2.05. The first-order valence-electron chi connectivity index (χ1n) is 4.89. The Morgan fingerprint density at radius 3 is 1.92 bits per heavy atom. The summed E-state index contributed by atoms with van der Waals surface area (Å²) in [5, 5.41) is 0. The summed E-state index contributed by atoms with van der Waals surface area (Å²) >= 11 is 0. The average molecular weight is 206 g/mol. The van der Waals surface area contributed by atoms with Crippen LogP contribution >= 0.6 is 12.4 Å². The Hall–Kier alpha value is -0.240. The van der Waals surface area contributed by atoms with Gasteiger partial charge < -0.3 is 5.73 Å². The molecule has 2 N–H and O–H groups in total. The van der Waals surface area contributed by atoms with Gasteiger partial charge in [0, 0.05) is 0 Å². The minimum absolute atomic E-state index is 0. The molecule has 0 atom stereocenters. The minimum Gasteiger partial charge on any atom is -0.369 e. The van der Waals surface area contributed by atoms with Gasteiger partial charge in [-0.25, -0.2) is 0 Å². The molecule has 1 fully saturated rings. The number of carbonyl (C=O) groups excluding carboxylic acids is 1. The Balaban J connectivity index is 0.00000144. The van der Waals surface area contributed by atoms with Gasteiger partial charge in [-0.3, -0.25) is 4.79 Å². The van der Waals surface area contributed by atoms with Gasteiger partial charge >= 0.3 is 0 Å². The number of carbonyl (C=O) groups is 1. The summed E-state index contributed by atoms with van der Waals surface area (Å²) in [4.78, 5) is 11.3. The van der Waals surface area contributed by atoms with Gasteiger partial charge in [0.2, 0.25) is 5.91 Å². The Morgan fingerprint density at radius 2 is 1.69 bits per heavy atom. The minimum atomic E-state index is -0.182. The van der Waals surface area contributed by atoms with Crippen LogP contribution in [-0.4, -0.2) is 5.91 Å². The highest BCUT2D eigenvalue weighted by atomic mass is 35.5. The number of nitrogens with two attached hydrogens (primary N) is 1. The molecule has 2 nitrogen and oxygen atoms in total. The molecule has 0 aromatic rings. The zero-order valence-corrected chi connectivity index (χ0v) is 9.32.